The third kappa shape index (κ3) is 4.81. The molecule has 11 heteroatoms. The molecule has 4 heterocycles. The molecule has 0 radical (unpaired) electrons. The number of fused-ring (bicyclic) bond motifs is 2. The third-order valence-electron chi connectivity index (χ3n) is 6.30. The second-order valence-electron chi connectivity index (χ2n) is 8.80. The van der Waals surface area contributed by atoms with Gasteiger partial charge in [0.05, 0.1) is 17.1 Å². The molecule has 6 nitrogen and oxygen atoms in total. The van der Waals surface area contributed by atoms with E-state index in [0.29, 0.717) is 45.3 Å². The molecular formula is C26H26BCl2F2N5O. The molecule has 0 unspecified atom stereocenters. The number of hydrogen-bond donors (Lipinski definition) is 2. The van der Waals surface area contributed by atoms with Crippen molar-refractivity contribution in [1.29, 1.82) is 0 Å². The Bertz CT molecular complexity index is 1480. The van der Waals surface area contributed by atoms with E-state index in [-0.39, 0.29) is 11.1 Å². The summed E-state index contributed by atoms with van der Waals surface area (Å²) < 4.78 is 33.9. The Labute approximate surface area is 224 Å². The van der Waals surface area contributed by atoms with Crippen LogP contribution in [0.5, 0.6) is 5.75 Å². The van der Waals surface area contributed by atoms with Crippen LogP contribution in [0, 0.1) is 13.8 Å². The number of alkyl halides is 2. The van der Waals surface area contributed by atoms with Crippen molar-refractivity contribution < 1.29 is 18.2 Å². The molecule has 5 rings (SSSR count). The first-order valence-corrected chi connectivity index (χ1v) is 12.6. The molecule has 0 spiro atoms. The van der Waals surface area contributed by atoms with Gasteiger partial charge in [-0.15, -0.1) is 23.2 Å². The fourth-order valence-corrected chi connectivity index (χ4v) is 4.98. The SMILES string of the molecule is CC1=CC(C)=[N+]2C1=C(c1ccc(O)c(/C=N/Nc3ccccn3)c1)c1c(C)cc(C)n1[B-]2(F)F.ClCCl. The fraction of sp³-hybridized carbons (Fsp3) is 0.192. The lowest BCUT2D eigenvalue weighted by atomic mass is 9.83. The van der Waals surface area contributed by atoms with Crippen LogP contribution in [0.1, 0.15) is 41.9 Å². The number of anilines is 1. The zero-order chi connectivity index (χ0) is 26.9. The van der Waals surface area contributed by atoms with E-state index in [9.17, 15) is 5.11 Å². The highest BCUT2D eigenvalue weighted by atomic mass is 35.5. The zero-order valence-corrected chi connectivity index (χ0v) is 22.3. The van der Waals surface area contributed by atoms with Gasteiger partial charge >= 0.3 is 6.97 Å². The molecule has 0 amide bonds. The lowest BCUT2D eigenvalue weighted by Gasteiger charge is -2.34. The Hall–Kier alpha value is -3.43. The third-order valence-corrected chi connectivity index (χ3v) is 6.30. The predicted molar refractivity (Wildman–Crippen MR) is 148 cm³/mol. The van der Waals surface area contributed by atoms with Crippen LogP contribution in [0.25, 0.3) is 5.57 Å². The monoisotopic (exact) mass is 543 g/mol. The van der Waals surface area contributed by atoms with Gasteiger partial charge in [0.15, 0.2) is 5.70 Å². The maximum absolute atomic E-state index is 15.8. The number of nitrogens with one attached hydrogen (secondary N) is 1. The molecule has 0 saturated carbocycles. The summed E-state index contributed by atoms with van der Waals surface area (Å²) in [5.74, 6) is 0.598. The summed E-state index contributed by atoms with van der Waals surface area (Å²) >= 11 is 9.53. The van der Waals surface area contributed by atoms with E-state index in [0.717, 1.165) is 20.1 Å². The Kier molecular flexibility index (Phi) is 7.57. The van der Waals surface area contributed by atoms with E-state index in [4.69, 9.17) is 23.2 Å². The molecule has 192 valence electrons. The quantitative estimate of drug-likeness (QED) is 0.171. The largest absolute Gasteiger partial charge is 0.737 e. The van der Waals surface area contributed by atoms with Crippen LogP contribution in [0.4, 0.5) is 14.4 Å². The molecule has 2 aliphatic heterocycles. The van der Waals surface area contributed by atoms with Crippen molar-refractivity contribution >= 4 is 53.5 Å². The minimum Gasteiger partial charge on any atom is -0.507 e. The summed E-state index contributed by atoms with van der Waals surface area (Å²) in [6.07, 6.45) is 4.93. The fourth-order valence-electron chi connectivity index (χ4n) is 4.98. The van der Waals surface area contributed by atoms with Gasteiger partial charge in [-0.3, -0.25) is 5.43 Å². The number of allylic oxidation sites excluding steroid dienone is 2. The molecule has 2 aromatic heterocycles. The standard InChI is InChI=1S/C25H24BF2N5O.CH2Cl2/c1-15-11-17(3)32-24(15)23(25-16(2)12-18(4)33(25)26(32,27)28)19-8-9-21(34)20(13-19)14-30-31-22-7-5-6-10-29-22;2-1-3/h5-14,34H,1-4H3,(H,29,31);1H2/b30-14+;. The molecule has 0 fully saturated rings. The molecular weight excluding hydrogens is 518 g/mol. The first-order valence-electron chi connectivity index (χ1n) is 11.5. The molecule has 0 bridgehead atoms. The van der Waals surface area contributed by atoms with E-state index >= 15 is 8.63 Å². The van der Waals surface area contributed by atoms with Gasteiger partial charge in [-0.1, -0.05) is 12.1 Å². The highest BCUT2D eigenvalue weighted by Gasteiger charge is 2.55. The number of aromatic nitrogens is 2. The number of aromatic hydroxyl groups is 1. The lowest BCUT2D eigenvalue weighted by molar-refractivity contribution is -0.363. The molecule has 3 aromatic rings. The summed E-state index contributed by atoms with van der Waals surface area (Å²) in [5, 5.41) is 14.8. The van der Waals surface area contributed by atoms with Crippen molar-refractivity contribution in [3.63, 3.8) is 0 Å². The number of aryl methyl sites for hydroxylation is 2. The Morgan fingerprint density at radius 1 is 1.14 bits per heavy atom. The van der Waals surface area contributed by atoms with Crippen molar-refractivity contribution in [3.8, 4) is 5.75 Å². The average molecular weight is 544 g/mol. The van der Waals surface area contributed by atoms with Crippen LogP contribution in [-0.4, -0.2) is 43.3 Å². The summed E-state index contributed by atoms with van der Waals surface area (Å²) in [6.45, 7) is 3.08. The molecule has 2 N–H and O–H groups in total. The van der Waals surface area contributed by atoms with E-state index in [1.165, 1.54) is 6.21 Å². The van der Waals surface area contributed by atoms with Crippen molar-refractivity contribution in [2.75, 3.05) is 10.8 Å². The maximum atomic E-state index is 15.8. The number of rotatable bonds is 4. The highest BCUT2D eigenvalue weighted by molar-refractivity contribution is 6.58. The summed E-state index contributed by atoms with van der Waals surface area (Å²) in [4.78, 5) is 4.14. The number of benzene rings is 1. The number of phenolic OH excluding ortho intramolecular Hbond substituents is 1. The first kappa shape index (κ1) is 26.6. The van der Waals surface area contributed by atoms with E-state index in [2.05, 4.69) is 15.5 Å². The van der Waals surface area contributed by atoms with Gasteiger partial charge in [0, 0.05) is 36.0 Å². The van der Waals surface area contributed by atoms with Crippen molar-refractivity contribution in [2.24, 2.45) is 5.10 Å². The van der Waals surface area contributed by atoms with Crippen LogP contribution < -0.4 is 5.43 Å². The minimum absolute atomic E-state index is 0.0350. The summed E-state index contributed by atoms with van der Waals surface area (Å²) in [5.41, 5.74) is 8.26. The minimum atomic E-state index is -4.04. The van der Waals surface area contributed by atoms with Crippen LogP contribution in [0.15, 0.2) is 71.1 Å². The first-order chi connectivity index (χ1) is 17.6. The normalized spacial score (nSPS) is 15.8. The Morgan fingerprint density at radius 2 is 1.86 bits per heavy atom. The number of hydrazone groups is 1. The van der Waals surface area contributed by atoms with Gasteiger partial charge in [0.1, 0.15) is 17.3 Å². The van der Waals surface area contributed by atoms with Crippen LogP contribution in [0.3, 0.4) is 0 Å². The highest BCUT2D eigenvalue weighted by Crippen LogP contribution is 2.44. The van der Waals surface area contributed by atoms with Gasteiger partial charge in [-0.25, -0.2) is 4.98 Å². The van der Waals surface area contributed by atoms with Crippen molar-refractivity contribution in [3.05, 3.63) is 94.1 Å². The number of hydrogen-bond acceptors (Lipinski definition) is 4. The lowest BCUT2D eigenvalue weighted by Crippen LogP contribution is -2.51. The summed E-state index contributed by atoms with van der Waals surface area (Å²) in [6, 6.07) is 12.3. The Morgan fingerprint density at radius 3 is 2.54 bits per heavy atom. The van der Waals surface area contributed by atoms with E-state index in [1.807, 2.05) is 19.9 Å². The molecule has 1 aromatic carbocycles. The number of pyridine rings is 1. The zero-order valence-electron chi connectivity index (χ0n) is 20.8. The molecule has 0 atom stereocenters. The van der Waals surface area contributed by atoms with Crippen LogP contribution >= 0.6 is 23.2 Å². The van der Waals surface area contributed by atoms with Gasteiger partial charge in [-0.05, 0) is 67.9 Å². The topological polar surface area (TPSA) is 65.5 Å². The second kappa shape index (κ2) is 10.5. The van der Waals surface area contributed by atoms with Crippen molar-refractivity contribution in [2.45, 2.75) is 27.7 Å². The number of phenols is 1. The van der Waals surface area contributed by atoms with Gasteiger partial charge in [0.25, 0.3) is 0 Å². The van der Waals surface area contributed by atoms with Crippen molar-refractivity contribution in [1.82, 2.24) is 9.46 Å². The van der Waals surface area contributed by atoms with E-state index in [1.54, 1.807) is 62.5 Å². The molecule has 2 aliphatic rings. The number of halogens is 4. The Balaban J connectivity index is 0.00000102. The number of nitrogens with zero attached hydrogens (tertiary/aromatic N) is 4. The van der Waals surface area contributed by atoms with E-state index < -0.39 is 6.97 Å². The van der Waals surface area contributed by atoms with Crippen LogP contribution in [-0.2, 0) is 0 Å². The smallest absolute Gasteiger partial charge is 0.507 e. The molecule has 37 heavy (non-hydrogen) atoms. The maximum Gasteiger partial charge on any atom is 0.737 e. The summed E-state index contributed by atoms with van der Waals surface area (Å²) in [7, 11) is 0. The van der Waals surface area contributed by atoms with Crippen LogP contribution in [0.2, 0.25) is 0 Å². The van der Waals surface area contributed by atoms with Gasteiger partial charge in [0.2, 0.25) is 0 Å². The average Bonchev–Trinajstić information content (AvgIpc) is 3.32. The second-order valence-corrected chi connectivity index (χ2v) is 9.61. The molecule has 0 aliphatic carbocycles. The van der Waals surface area contributed by atoms with Gasteiger partial charge in [-0.2, -0.15) is 5.10 Å². The van der Waals surface area contributed by atoms with Gasteiger partial charge < -0.3 is 22.7 Å². The predicted octanol–water partition coefficient (Wildman–Crippen LogP) is 6.50. The molecule has 0 saturated heterocycles.